The second-order valence-electron chi connectivity index (χ2n) is 5.16. The second-order valence-corrected chi connectivity index (χ2v) is 5.16. The smallest absolute Gasteiger partial charge is 0.328 e. The summed E-state index contributed by atoms with van der Waals surface area (Å²) in [7, 11) is 0. The highest BCUT2D eigenvalue weighted by atomic mass is 16.5. The van der Waals surface area contributed by atoms with Crippen molar-refractivity contribution < 1.29 is 4.74 Å². The van der Waals surface area contributed by atoms with Gasteiger partial charge in [0.15, 0.2) is 0 Å². The Morgan fingerprint density at radius 2 is 1.86 bits per heavy atom. The maximum absolute atomic E-state index is 12.3. The third-order valence-corrected chi connectivity index (χ3v) is 3.81. The van der Waals surface area contributed by atoms with E-state index in [0.717, 1.165) is 16.8 Å². The van der Waals surface area contributed by atoms with Crippen LogP contribution in [0.3, 0.4) is 0 Å². The van der Waals surface area contributed by atoms with Crippen LogP contribution < -0.4 is 16.0 Å². The topological polar surface area (TPSA) is 104 Å². The molecule has 0 spiro atoms. The Balaban J connectivity index is 2.07. The van der Waals surface area contributed by atoms with E-state index in [2.05, 4.69) is 20.2 Å². The molecule has 7 heteroatoms. The lowest BCUT2D eigenvalue weighted by Crippen LogP contribution is -2.30. The molecule has 0 bridgehead atoms. The van der Waals surface area contributed by atoms with E-state index >= 15 is 0 Å². The number of rotatable bonds is 1. The minimum atomic E-state index is -0.605. The Morgan fingerprint density at radius 1 is 1.09 bits per heavy atom. The molecular formula is C15H12N4O3. The Kier molecular flexibility index (Phi) is 2.56. The first kappa shape index (κ1) is 12.6. The molecule has 3 heterocycles. The summed E-state index contributed by atoms with van der Waals surface area (Å²) in [4.78, 5) is 28.6. The van der Waals surface area contributed by atoms with Crippen molar-refractivity contribution in [3.8, 4) is 11.8 Å². The van der Waals surface area contributed by atoms with Gasteiger partial charge in [-0.3, -0.25) is 19.9 Å². The highest BCUT2D eigenvalue weighted by molar-refractivity contribution is 5.54. The van der Waals surface area contributed by atoms with E-state index in [1.54, 1.807) is 0 Å². The summed E-state index contributed by atoms with van der Waals surface area (Å²) in [6, 6.07) is 9.57. The van der Waals surface area contributed by atoms with E-state index in [4.69, 9.17) is 4.74 Å². The molecule has 2 aromatic heterocycles. The lowest BCUT2D eigenvalue weighted by molar-refractivity contribution is 0.412. The van der Waals surface area contributed by atoms with E-state index < -0.39 is 11.2 Å². The van der Waals surface area contributed by atoms with Gasteiger partial charge in [-0.1, -0.05) is 30.3 Å². The normalized spacial score (nSPS) is 15.8. The Labute approximate surface area is 124 Å². The van der Waals surface area contributed by atoms with E-state index in [0.29, 0.717) is 11.4 Å². The fourth-order valence-electron chi connectivity index (χ4n) is 2.87. The third-order valence-electron chi connectivity index (χ3n) is 3.81. The third kappa shape index (κ3) is 1.72. The first-order valence-corrected chi connectivity index (χ1v) is 6.79. The standard InChI is InChI=1S/C15H12N4O3/c1-7-9-10(8-5-3-2-4-6-8)11-12(20)16-15(21)17-13(11)22-14(9)19-18-7/h2-6,10H,1H3,(H,18,19)(H2,16,17,20,21). The predicted molar refractivity (Wildman–Crippen MR) is 78.5 cm³/mol. The molecule has 3 aromatic rings. The summed E-state index contributed by atoms with van der Waals surface area (Å²) in [5, 5.41) is 6.98. The first-order chi connectivity index (χ1) is 10.6. The molecular weight excluding hydrogens is 284 g/mol. The molecule has 7 nitrogen and oxygen atoms in total. The zero-order chi connectivity index (χ0) is 15.3. The largest absolute Gasteiger partial charge is 0.420 e. The maximum atomic E-state index is 12.3. The second kappa shape index (κ2) is 4.45. The van der Waals surface area contributed by atoms with Crippen molar-refractivity contribution in [3.63, 3.8) is 0 Å². The number of aryl methyl sites for hydroxylation is 1. The van der Waals surface area contributed by atoms with Gasteiger partial charge in [-0.2, -0.15) is 0 Å². The van der Waals surface area contributed by atoms with Gasteiger partial charge in [-0.05, 0) is 12.5 Å². The van der Waals surface area contributed by atoms with Gasteiger partial charge in [-0.15, -0.1) is 5.10 Å². The first-order valence-electron chi connectivity index (χ1n) is 6.79. The summed E-state index contributed by atoms with van der Waals surface area (Å²) in [5.74, 6) is 0.168. The summed E-state index contributed by atoms with van der Waals surface area (Å²) >= 11 is 0. The average molecular weight is 296 g/mol. The minimum Gasteiger partial charge on any atom is -0.420 e. The SMILES string of the molecule is Cc1[nH]nc2c1C(c1ccccc1)c1c([nH]c(=O)[nH]c1=O)O2. The molecule has 0 saturated heterocycles. The van der Waals surface area contributed by atoms with Crippen LogP contribution in [0.5, 0.6) is 11.8 Å². The minimum absolute atomic E-state index is 0.140. The maximum Gasteiger partial charge on any atom is 0.328 e. The van der Waals surface area contributed by atoms with Crippen molar-refractivity contribution in [2.24, 2.45) is 0 Å². The van der Waals surface area contributed by atoms with E-state index in [-0.39, 0.29) is 11.8 Å². The van der Waals surface area contributed by atoms with Crippen LogP contribution in [-0.4, -0.2) is 20.2 Å². The van der Waals surface area contributed by atoms with Gasteiger partial charge in [-0.25, -0.2) is 4.79 Å². The summed E-state index contributed by atoms with van der Waals surface area (Å²) in [6.07, 6.45) is 0. The van der Waals surface area contributed by atoms with Crippen LogP contribution in [0.15, 0.2) is 39.9 Å². The molecule has 1 aromatic carbocycles. The van der Waals surface area contributed by atoms with Crippen LogP contribution in [0.4, 0.5) is 0 Å². The predicted octanol–water partition coefficient (Wildman–Crippen LogP) is 1.38. The number of ether oxygens (including phenoxy) is 1. The Hall–Kier alpha value is -3.09. The molecule has 0 radical (unpaired) electrons. The summed E-state index contributed by atoms with van der Waals surface area (Å²) in [5.41, 5.74) is 1.86. The van der Waals surface area contributed by atoms with Gasteiger partial charge in [0.05, 0.1) is 11.5 Å². The highest BCUT2D eigenvalue weighted by Crippen LogP contribution is 2.44. The molecule has 4 rings (SSSR count). The lowest BCUT2D eigenvalue weighted by atomic mass is 9.85. The number of hydrogen-bond acceptors (Lipinski definition) is 4. The van der Waals surface area contributed by atoms with Crippen molar-refractivity contribution in [2.45, 2.75) is 12.8 Å². The molecule has 0 fully saturated rings. The molecule has 110 valence electrons. The number of hydrogen-bond donors (Lipinski definition) is 3. The molecule has 22 heavy (non-hydrogen) atoms. The van der Waals surface area contributed by atoms with Crippen LogP contribution in [0.25, 0.3) is 0 Å². The molecule has 1 atom stereocenters. The molecule has 0 aliphatic carbocycles. The number of aromatic nitrogens is 4. The van der Waals surface area contributed by atoms with Crippen LogP contribution in [-0.2, 0) is 0 Å². The number of nitrogens with zero attached hydrogens (tertiary/aromatic N) is 1. The fourth-order valence-corrected chi connectivity index (χ4v) is 2.87. The molecule has 1 aliphatic rings. The quantitative estimate of drug-likeness (QED) is 0.493. The van der Waals surface area contributed by atoms with E-state index in [1.807, 2.05) is 37.3 Å². The van der Waals surface area contributed by atoms with Crippen LogP contribution in [0.2, 0.25) is 0 Å². The van der Waals surface area contributed by atoms with Crippen molar-refractivity contribution >= 4 is 0 Å². The van der Waals surface area contributed by atoms with Crippen molar-refractivity contribution in [1.82, 2.24) is 20.2 Å². The fraction of sp³-hybridized carbons (Fsp3) is 0.133. The van der Waals surface area contributed by atoms with Crippen LogP contribution in [0.1, 0.15) is 28.3 Å². The van der Waals surface area contributed by atoms with E-state index in [1.165, 1.54) is 0 Å². The summed E-state index contributed by atoms with van der Waals surface area (Å²) < 4.78 is 5.59. The summed E-state index contributed by atoms with van der Waals surface area (Å²) in [6.45, 7) is 1.87. The Morgan fingerprint density at radius 3 is 2.64 bits per heavy atom. The van der Waals surface area contributed by atoms with Gasteiger partial charge in [0.1, 0.15) is 0 Å². The molecule has 0 amide bonds. The van der Waals surface area contributed by atoms with Crippen molar-refractivity contribution in [2.75, 3.05) is 0 Å². The highest BCUT2D eigenvalue weighted by Gasteiger charge is 2.35. The Bertz CT molecular complexity index is 968. The van der Waals surface area contributed by atoms with Crippen LogP contribution >= 0.6 is 0 Å². The number of nitrogens with one attached hydrogen (secondary N) is 3. The monoisotopic (exact) mass is 296 g/mol. The number of benzene rings is 1. The number of H-pyrrole nitrogens is 3. The molecule has 1 unspecified atom stereocenters. The van der Waals surface area contributed by atoms with Crippen molar-refractivity contribution in [1.29, 1.82) is 0 Å². The molecule has 3 N–H and O–H groups in total. The van der Waals surface area contributed by atoms with Crippen LogP contribution in [0, 0.1) is 6.92 Å². The number of aromatic amines is 3. The van der Waals surface area contributed by atoms with Crippen molar-refractivity contribution in [3.05, 3.63) is 73.6 Å². The van der Waals surface area contributed by atoms with Gasteiger partial charge in [0.2, 0.25) is 11.8 Å². The van der Waals surface area contributed by atoms with E-state index in [9.17, 15) is 9.59 Å². The number of fused-ring (bicyclic) bond motifs is 2. The zero-order valence-corrected chi connectivity index (χ0v) is 11.6. The van der Waals surface area contributed by atoms with Gasteiger partial charge >= 0.3 is 5.69 Å². The van der Waals surface area contributed by atoms with Gasteiger partial charge in [0.25, 0.3) is 5.56 Å². The zero-order valence-electron chi connectivity index (χ0n) is 11.6. The average Bonchev–Trinajstić information content (AvgIpc) is 2.87. The van der Waals surface area contributed by atoms with Gasteiger partial charge in [0, 0.05) is 11.3 Å². The molecule has 1 aliphatic heterocycles. The lowest BCUT2D eigenvalue weighted by Gasteiger charge is -2.24. The van der Waals surface area contributed by atoms with Gasteiger partial charge < -0.3 is 4.74 Å². The molecule has 0 saturated carbocycles.